The zero-order valence-electron chi connectivity index (χ0n) is 9.78. The molecule has 0 radical (unpaired) electrons. The van der Waals surface area contributed by atoms with Crippen LogP contribution in [0.15, 0.2) is 0 Å². The summed E-state index contributed by atoms with van der Waals surface area (Å²) in [6.07, 6.45) is 1.49. The summed E-state index contributed by atoms with van der Waals surface area (Å²) >= 11 is 1.80. The van der Waals surface area contributed by atoms with E-state index >= 15 is 0 Å². The number of carboxylic acids is 1. The molecule has 1 unspecified atom stereocenters. The van der Waals surface area contributed by atoms with Crippen molar-refractivity contribution < 1.29 is 14.7 Å². The van der Waals surface area contributed by atoms with E-state index in [4.69, 9.17) is 5.11 Å². The Morgan fingerprint density at radius 3 is 2.69 bits per heavy atom. The summed E-state index contributed by atoms with van der Waals surface area (Å²) in [5, 5.41) is 11.5. The third kappa shape index (κ3) is 4.43. The highest BCUT2D eigenvalue weighted by Crippen LogP contribution is 2.24. The largest absolute Gasteiger partial charge is 0.481 e. The molecule has 0 bridgehead atoms. The maximum Gasteiger partial charge on any atom is 0.303 e. The normalized spacial score (nSPS) is 20.8. The molecule has 2 N–H and O–H groups in total. The molecule has 1 rings (SSSR count). The van der Waals surface area contributed by atoms with Gasteiger partial charge in [-0.2, -0.15) is 11.8 Å². The minimum absolute atomic E-state index is 0.0698. The zero-order chi connectivity index (χ0) is 12.2. The minimum atomic E-state index is -0.821. The molecule has 0 aliphatic carbocycles. The monoisotopic (exact) mass is 245 g/mol. The molecule has 1 amide bonds. The van der Waals surface area contributed by atoms with Crippen LogP contribution < -0.4 is 5.32 Å². The predicted octanol–water partition coefficient (Wildman–Crippen LogP) is 1.50. The van der Waals surface area contributed by atoms with Gasteiger partial charge in [0.1, 0.15) is 0 Å². The minimum Gasteiger partial charge on any atom is -0.481 e. The number of aliphatic carboxylic acids is 1. The zero-order valence-corrected chi connectivity index (χ0v) is 10.6. The van der Waals surface area contributed by atoms with Gasteiger partial charge in [0.2, 0.25) is 5.91 Å². The maximum absolute atomic E-state index is 11.8. The van der Waals surface area contributed by atoms with Crippen LogP contribution in [0, 0.1) is 5.92 Å². The number of hydrogen-bond donors (Lipinski definition) is 2. The summed E-state index contributed by atoms with van der Waals surface area (Å²) in [6, 6.07) is 0. The topological polar surface area (TPSA) is 66.4 Å². The quantitative estimate of drug-likeness (QED) is 0.770. The molecular weight excluding hydrogens is 226 g/mol. The van der Waals surface area contributed by atoms with Crippen molar-refractivity contribution in [2.75, 3.05) is 11.5 Å². The van der Waals surface area contributed by atoms with Gasteiger partial charge in [0.15, 0.2) is 0 Å². The third-order valence-electron chi connectivity index (χ3n) is 2.73. The summed E-state index contributed by atoms with van der Waals surface area (Å²) in [5.74, 6) is 1.29. The van der Waals surface area contributed by atoms with E-state index in [1.54, 1.807) is 11.8 Å². The van der Waals surface area contributed by atoms with Gasteiger partial charge in [-0.25, -0.2) is 0 Å². The van der Waals surface area contributed by atoms with Crippen LogP contribution in [0.5, 0.6) is 0 Å². The Hall–Kier alpha value is -0.710. The van der Waals surface area contributed by atoms with E-state index in [2.05, 4.69) is 5.32 Å². The van der Waals surface area contributed by atoms with Crippen LogP contribution >= 0.6 is 11.8 Å². The van der Waals surface area contributed by atoms with Gasteiger partial charge in [-0.15, -0.1) is 0 Å². The molecule has 92 valence electrons. The highest BCUT2D eigenvalue weighted by Gasteiger charge is 2.28. The van der Waals surface area contributed by atoms with Crippen LogP contribution in [0.25, 0.3) is 0 Å². The van der Waals surface area contributed by atoms with Crippen molar-refractivity contribution in [3.63, 3.8) is 0 Å². The second-order valence-electron chi connectivity index (χ2n) is 4.83. The standard InChI is InChI=1S/C11H19NO3S/c1-11(2,5-3-9(13)14)12-10(15)8-4-6-16-7-8/h8H,3-7H2,1-2H3,(H,12,15)(H,13,14). The van der Waals surface area contributed by atoms with Crippen molar-refractivity contribution in [1.29, 1.82) is 0 Å². The number of carbonyl (C=O) groups excluding carboxylic acids is 1. The highest BCUT2D eigenvalue weighted by atomic mass is 32.2. The fraction of sp³-hybridized carbons (Fsp3) is 0.818. The van der Waals surface area contributed by atoms with Crippen LogP contribution in [-0.2, 0) is 9.59 Å². The first-order chi connectivity index (χ1) is 7.41. The number of nitrogens with one attached hydrogen (secondary N) is 1. The van der Waals surface area contributed by atoms with Crippen LogP contribution in [0.4, 0.5) is 0 Å². The first-order valence-electron chi connectivity index (χ1n) is 5.52. The Labute approximate surface area is 100 Å². The highest BCUT2D eigenvalue weighted by molar-refractivity contribution is 7.99. The maximum atomic E-state index is 11.8. The van der Waals surface area contributed by atoms with Gasteiger partial charge in [-0.05, 0) is 32.4 Å². The molecule has 0 spiro atoms. The molecule has 1 aliphatic rings. The Morgan fingerprint density at radius 2 is 2.19 bits per heavy atom. The first-order valence-corrected chi connectivity index (χ1v) is 6.68. The number of amides is 1. The van der Waals surface area contributed by atoms with Crippen LogP contribution in [0.2, 0.25) is 0 Å². The molecule has 4 nitrogen and oxygen atoms in total. The molecule has 1 saturated heterocycles. The van der Waals surface area contributed by atoms with E-state index in [0.29, 0.717) is 6.42 Å². The lowest BCUT2D eigenvalue weighted by Gasteiger charge is -2.27. The van der Waals surface area contributed by atoms with Gasteiger partial charge in [0.05, 0.1) is 0 Å². The first kappa shape index (κ1) is 13.4. The van der Waals surface area contributed by atoms with Gasteiger partial charge >= 0.3 is 5.97 Å². The van der Waals surface area contributed by atoms with Crippen LogP contribution in [-0.4, -0.2) is 34.0 Å². The second kappa shape index (κ2) is 5.57. The Balaban J connectivity index is 2.38. The van der Waals surface area contributed by atoms with E-state index in [1.165, 1.54) is 0 Å². The molecule has 0 aromatic heterocycles. The van der Waals surface area contributed by atoms with Gasteiger partial charge in [-0.1, -0.05) is 0 Å². The van der Waals surface area contributed by atoms with Crippen molar-refractivity contribution in [3.05, 3.63) is 0 Å². The Morgan fingerprint density at radius 1 is 1.50 bits per heavy atom. The van der Waals surface area contributed by atoms with E-state index in [9.17, 15) is 9.59 Å². The molecule has 5 heteroatoms. The van der Waals surface area contributed by atoms with E-state index in [1.807, 2.05) is 13.8 Å². The van der Waals surface area contributed by atoms with Gasteiger partial charge in [0, 0.05) is 23.6 Å². The predicted molar refractivity (Wildman–Crippen MR) is 64.5 cm³/mol. The van der Waals surface area contributed by atoms with Gasteiger partial charge in [-0.3, -0.25) is 9.59 Å². The second-order valence-corrected chi connectivity index (χ2v) is 5.98. The number of thioether (sulfide) groups is 1. The summed E-state index contributed by atoms with van der Waals surface area (Å²) in [5.41, 5.74) is -0.428. The molecule has 0 aromatic carbocycles. The molecular formula is C11H19NO3S. The Kier molecular flexibility index (Phi) is 4.65. The van der Waals surface area contributed by atoms with E-state index < -0.39 is 11.5 Å². The van der Waals surface area contributed by atoms with Gasteiger partial charge in [0.25, 0.3) is 0 Å². The van der Waals surface area contributed by atoms with Crippen molar-refractivity contribution in [3.8, 4) is 0 Å². The molecule has 1 atom stereocenters. The number of hydrogen-bond acceptors (Lipinski definition) is 3. The fourth-order valence-corrected chi connectivity index (χ4v) is 2.88. The van der Waals surface area contributed by atoms with Crippen LogP contribution in [0.1, 0.15) is 33.1 Å². The Bertz CT molecular complexity index is 272. The summed E-state index contributed by atoms with van der Waals surface area (Å²) < 4.78 is 0. The molecule has 1 heterocycles. The van der Waals surface area contributed by atoms with Crippen molar-refractivity contribution >= 4 is 23.6 Å². The summed E-state index contributed by atoms with van der Waals surface area (Å²) in [4.78, 5) is 22.3. The average molecular weight is 245 g/mol. The van der Waals surface area contributed by atoms with Crippen molar-refractivity contribution in [1.82, 2.24) is 5.32 Å². The lowest BCUT2D eigenvalue weighted by atomic mass is 9.96. The molecule has 0 saturated carbocycles. The van der Waals surface area contributed by atoms with Crippen LogP contribution in [0.3, 0.4) is 0 Å². The molecule has 1 aliphatic heterocycles. The summed E-state index contributed by atoms with van der Waals surface area (Å²) in [7, 11) is 0. The number of carbonyl (C=O) groups is 2. The van der Waals surface area contributed by atoms with Crippen molar-refractivity contribution in [2.24, 2.45) is 5.92 Å². The molecule has 16 heavy (non-hydrogen) atoms. The average Bonchev–Trinajstić information content (AvgIpc) is 2.67. The molecule has 1 fully saturated rings. The number of rotatable bonds is 5. The smallest absolute Gasteiger partial charge is 0.303 e. The van der Waals surface area contributed by atoms with Gasteiger partial charge < -0.3 is 10.4 Å². The molecule has 0 aromatic rings. The lowest BCUT2D eigenvalue weighted by molar-refractivity contribution is -0.138. The van der Waals surface area contributed by atoms with E-state index in [0.717, 1.165) is 17.9 Å². The summed E-state index contributed by atoms with van der Waals surface area (Å²) in [6.45, 7) is 3.74. The SMILES string of the molecule is CC(C)(CCC(=O)O)NC(=O)C1CCSC1. The lowest BCUT2D eigenvalue weighted by Crippen LogP contribution is -2.46. The fourth-order valence-electron chi connectivity index (χ4n) is 1.66. The number of carboxylic acid groups (broad SMARTS) is 1. The van der Waals surface area contributed by atoms with Crippen molar-refractivity contribution in [2.45, 2.75) is 38.6 Å². The third-order valence-corrected chi connectivity index (χ3v) is 3.89. The van der Waals surface area contributed by atoms with E-state index in [-0.39, 0.29) is 18.2 Å².